The van der Waals surface area contributed by atoms with Gasteiger partial charge in [0.15, 0.2) is 11.5 Å². The maximum Gasteiger partial charge on any atom is 0.530 e. The maximum atomic E-state index is 14.6. The highest BCUT2D eigenvalue weighted by Crippen LogP contribution is 2.57. The van der Waals surface area contributed by atoms with Crippen LogP contribution in [-0.4, -0.2) is 30.7 Å². The third kappa shape index (κ3) is 9.06. The quantitative estimate of drug-likeness (QED) is 0.114. The topological polar surface area (TPSA) is 83.5 Å². The molecule has 8 nitrogen and oxygen atoms in total. The van der Waals surface area contributed by atoms with Gasteiger partial charge in [-0.05, 0) is 79.4 Å². The number of nitrogens with zero attached hydrogens (tertiary/aromatic N) is 1. The molecule has 1 aliphatic carbocycles. The van der Waals surface area contributed by atoms with E-state index in [9.17, 15) is 9.13 Å². The second-order valence-corrected chi connectivity index (χ2v) is 16.2. The van der Waals surface area contributed by atoms with Crippen molar-refractivity contribution in [2.45, 2.75) is 64.9 Å². The molecule has 1 aliphatic heterocycles. The number of likely N-dealkylation sites (tertiary alicyclic amines) is 1. The van der Waals surface area contributed by atoms with Crippen molar-refractivity contribution in [2.75, 3.05) is 19.8 Å². The summed E-state index contributed by atoms with van der Waals surface area (Å²) in [5, 5.41) is 0. The molecule has 0 radical (unpaired) electrons. The third-order valence-corrected chi connectivity index (χ3v) is 11.4. The van der Waals surface area contributed by atoms with E-state index in [4.69, 9.17) is 22.6 Å². The Labute approximate surface area is 284 Å². The van der Waals surface area contributed by atoms with Gasteiger partial charge in [-0.15, -0.1) is 0 Å². The minimum atomic E-state index is -4.25. The van der Waals surface area contributed by atoms with Crippen molar-refractivity contribution >= 4 is 15.4 Å². The summed E-state index contributed by atoms with van der Waals surface area (Å²) in [6.45, 7) is 5.98. The number of hydrogen-bond acceptors (Lipinski definition) is 8. The van der Waals surface area contributed by atoms with Crippen molar-refractivity contribution in [2.24, 2.45) is 5.92 Å². The number of fused-ring (bicyclic) bond motifs is 2. The first-order valence-electron chi connectivity index (χ1n) is 16.8. The van der Waals surface area contributed by atoms with Crippen molar-refractivity contribution in [3.05, 3.63) is 131 Å². The lowest BCUT2D eigenvalue weighted by Gasteiger charge is -2.45. The lowest BCUT2D eigenvalue weighted by Crippen LogP contribution is -2.49. The van der Waals surface area contributed by atoms with Gasteiger partial charge in [0, 0.05) is 18.3 Å². The van der Waals surface area contributed by atoms with E-state index in [-0.39, 0.29) is 31.3 Å². The molecule has 10 heteroatoms. The van der Waals surface area contributed by atoms with Gasteiger partial charge >= 0.3 is 15.4 Å². The number of phosphoric ester groups is 1. The van der Waals surface area contributed by atoms with Crippen LogP contribution in [0.3, 0.4) is 0 Å². The maximum absolute atomic E-state index is 14.6. The molecule has 4 aromatic rings. The standard InChI is InChI=1S/C38H45NO7P2/c1-3-23-39-24-13-20-34-25-35-33(26-36(34)39)21-22-37(45-47(2,40)42-27-30-14-7-4-8-15-30)38(35)46-48(41,43-28-31-16-9-5-10-17-31)44-29-32-18-11-6-12-19-32/h4-12,14-19,21-22,34,36H,3,13,20,23-29H2,1-2H3/t34-,36-,47?/m1/s1. The second kappa shape index (κ2) is 16.0. The predicted molar refractivity (Wildman–Crippen MR) is 188 cm³/mol. The van der Waals surface area contributed by atoms with E-state index in [0.717, 1.165) is 66.6 Å². The molecule has 0 saturated carbocycles. The number of phosphoric acid groups is 1. The predicted octanol–water partition coefficient (Wildman–Crippen LogP) is 9.61. The normalized spacial score (nSPS) is 19.1. The Morgan fingerprint density at radius 2 is 1.27 bits per heavy atom. The van der Waals surface area contributed by atoms with Gasteiger partial charge in [0.05, 0.1) is 19.8 Å². The van der Waals surface area contributed by atoms with E-state index in [1.165, 1.54) is 6.66 Å². The van der Waals surface area contributed by atoms with Gasteiger partial charge in [-0.1, -0.05) is 104 Å². The molecular formula is C38H45NO7P2. The van der Waals surface area contributed by atoms with Crippen LogP contribution in [0.4, 0.5) is 0 Å². The molecule has 0 N–H and O–H groups in total. The average molecular weight is 690 g/mol. The molecule has 1 fully saturated rings. The van der Waals surface area contributed by atoms with Crippen LogP contribution in [-0.2, 0) is 55.4 Å². The Kier molecular flexibility index (Phi) is 11.5. The van der Waals surface area contributed by atoms with Gasteiger partial charge in [-0.2, -0.15) is 0 Å². The molecule has 0 spiro atoms. The van der Waals surface area contributed by atoms with Gasteiger partial charge in [0.1, 0.15) is 0 Å². The lowest BCUT2D eigenvalue weighted by molar-refractivity contribution is 0.0846. The first-order chi connectivity index (χ1) is 23.3. The number of piperidine rings is 1. The van der Waals surface area contributed by atoms with Gasteiger partial charge in [0.2, 0.25) is 0 Å². The minimum Gasteiger partial charge on any atom is -0.421 e. The smallest absolute Gasteiger partial charge is 0.421 e. The molecule has 254 valence electrons. The molecule has 1 unspecified atom stereocenters. The molecule has 2 aliphatic rings. The van der Waals surface area contributed by atoms with Crippen LogP contribution in [0.2, 0.25) is 0 Å². The molecule has 3 atom stereocenters. The van der Waals surface area contributed by atoms with Crippen LogP contribution >= 0.6 is 15.4 Å². The first-order valence-corrected chi connectivity index (χ1v) is 20.3. The van der Waals surface area contributed by atoms with E-state index in [0.29, 0.717) is 18.4 Å². The Hall–Kier alpha value is -3.22. The van der Waals surface area contributed by atoms with Crippen LogP contribution in [0, 0.1) is 5.92 Å². The fraction of sp³-hybridized carbons (Fsp3) is 0.368. The minimum absolute atomic E-state index is 0.0151. The summed E-state index contributed by atoms with van der Waals surface area (Å²) in [5.74, 6) is 0.834. The van der Waals surface area contributed by atoms with Crippen molar-refractivity contribution in [3.63, 3.8) is 0 Å². The largest absolute Gasteiger partial charge is 0.530 e. The van der Waals surface area contributed by atoms with Crippen molar-refractivity contribution < 1.29 is 31.7 Å². The first kappa shape index (κ1) is 34.6. The van der Waals surface area contributed by atoms with Gasteiger partial charge in [0.25, 0.3) is 0 Å². The molecule has 6 rings (SSSR count). The Balaban J connectivity index is 1.34. The summed E-state index contributed by atoms with van der Waals surface area (Å²) in [4.78, 5) is 2.61. The average Bonchev–Trinajstić information content (AvgIpc) is 3.11. The monoisotopic (exact) mass is 689 g/mol. The molecule has 0 aromatic heterocycles. The summed E-state index contributed by atoms with van der Waals surface area (Å²) in [5.41, 5.74) is 4.50. The molecular weight excluding hydrogens is 644 g/mol. The zero-order valence-corrected chi connectivity index (χ0v) is 29.5. The fourth-order valence-corrected chi connectivity index (χ4v) is 8.82. The van der Waals surface area contributed by atoms with E-state index in [1.807, 2.05) is 97.1 Å². The van der Waals surface area contributed by atoms with Crippen molar-refractivity contribution in [3.8, 4) is 11.5 Å². The Morgan fingerprint density at radius 3 is 1.83 bits per heavy atom. The molecule has 1 saturated heterocycles. The summed E-state index contributed by atoms with van der Waals surface area (Å²) >= 11 is 0. The van der Waals surface area contributed by atoms with Crippen molar-refractivity contribution in [1.82, 2.24) is 4.90 Å². The van der Waals surface area contributed by atoms with Gasteiger partial charge in [-0.25, -0.2) is 9.13 Å². The van der Waals surface area contributed by atoms with E-state index in [2.05, 4.69) is 11.8 Å². The highest BCUT2D eigenvalue weighted by Gasteiger charge is 2.40. The van der Waals surface area contributed by atoms with Crippen molar-refractivity contribution in [1.29, 1.82) is 0 Å². The van der Waals surface area contributed by atoms with Crippen LogP contribution in [0.15, 0.2) is 103 Å². The number of benzene rings is 4. The molecule has 1 heterocycles. The van der Waals surface area contributed by atoms with Crippen LogP contribution in [0.5, 0.6) is 11.5 Å². The summed E-state index contributed by atoms with van der Waals surface area (Å²) in [6.07, 6.45) is 4.87. The van der Waals surface area contributed by atoms with Crippen LogP contribution in [0.1, 0.15) is 54.0 Å². The second-order valence-electron chi connectivity index (χ2n) is 12.6. The zero-order valence-electron chi connectivity index (χ0n) is 27.7. The van der Waals surface area contributed by atoms with Crippen LogP contribution < -0.4 is 9.05 Å². The lowest BCUT2D eigenvalue weighted by atomic mass is 9.75. The summed E-state index contributed by atoms with van der Waals surface area (Å²) < 4.78 is 58.9. The molecule has 48 heavy (non-hydrogen) atoms. The van der Waals surface area contributed by atoms with Gasteiger partial charge < -0.3 is 9.05 Å². The van der Waals surface area contributed by atoms with E-state index >= 15 is 0 Å². The fourth-order valence-electron chi connectivity index (χ4n) is 6.66. The highest BCUT2D eigenvalue weighted by atomic mass is 31.2. The Morgan fingerprint density at radius 1 is 0.708 bits per heavy atom. The molecule has 4 aromatic carbocycles. The SMILES string of the molecule is CCCN1CCC[C@@H]2Cc3c(ccc(OP(C)(=O)OCc4ccccc4)c3OP(=O)(OCc3ccccc3)OCc3ccccc3)C[C@H]21. The summed E-state index contributed by atoms with van der Waals surface area (Å²) in [6, 6.07) is 32.7. The zero-order chi connectivity index (χ0) is 33.4. The summed E-state index contributed by atoms with van der Waals surface area (Å²) in [7, 11) is -7.90. The number of hydrogen-bond donors (Lipinski definition) is 0. The molecule has 0 bridgehead atoms. The third-order valence-electron chi connectivity index (χ3n) is 9.00. The van der Waals surface area contributed by atoms with Gasteiger partial charge in [-0.3, -0.25) is 18.5 Å². The highest BCUT2D eigenvalue weighted by molar-refractivity contribution is 7.53. The number of rotatable bonds is 15. The van der Waals surface area contributed by atoms with Crippen LogP contribution in [0.25, 0.3) is 0 Å². The van der Waals surface area contributed by atoms with E-state index < -0.39 is 15.4 Å². The Bertz CT molecular complexity index is 1670. The molecule has 0 amide bonds. The van der Waals surface area contributed by atoms with E-state index in [1.54, 1.807) is 6.07 Å².